The molecule has 0 unspecified atom stereocenters. The number of hydrogen-bond donors (Lipinski definition) is 0. The Morgan fingerprint density at radius 3 is 2.06 bits per heavy atom. The summed E-state index contributed by atoms with van der Waals surface area (Å²) in [4.78, 5) is 7.38. The van der Waals surface area contributed by atoms with Crippen molar-refractivity contribution in [3.05, 3.63) is 21.5 Å². The van der Waals surface area contributed by atoms with E-state index in [-0.39, 0.29) is 0 Å². The molecule has 2 aliphatic carbocycles. The second kappa shape index (κ2) is 11.5. The Morgan fingerprint density at radius 2 is 1.51 bits per heavy atom. The first-order valence-corrected chi connectivity index (χ1v) is 21.9. The SMILES string of the molecule is C[Si](C)(C)CCOCN(COCC[Si](C)(C)C)c1cc([C@H]2C[C@@H]3CC[C@@H](C3)C2)nc2c(I)cnn12. The predicted molar refractivity (Wildman–Crippen MR) is 159 cm³/mol. The molecule has 3 atom stereocenters. The van der Waals surface area contributed by atoms with Crippen LogP contribution in [-0.2, 0) is 9.47 Å². The fourth-order valence-electron chi connectivity index (χ4n) is 5.40. The van der Waals surface area contributed by atoms with Crippen LogP contribution in [0.3, 0.4) is 0 Å². The highest BCUT2D eigenvalue weighted by atomic mass is 127. The summed E-state index contributed by atoms with van der Waals surface area (Å²) in [5, 5.41) is 4.71. The molecule has 2 heterocycles. The highest BCUT2D eigenvalue weighted by molar-refractivity contribution is 14.1. The normalized spacial score (nSPS) is 22.8. The number of hydrogen-bond acceptors (Lipinski definition) is 5. The van der Waals surface area contributed by atoms with Crippen molar-refractivity contribution in [2.24, 2.45) is 11.8 Å². The maximum absolute atomic E-state index is 6.24. The lowest BCUT2D eigenvalue weighted by atomic mass is 9.79. The molecule has 2 bridgehead atoms. The molecule has 4 rings (SSSR count). The summed E-state index contributed by atoms with van der Waals surface area (Å²) in [5.74, 6) is 3.37. The molecular formula is C26H45IN4O2Si2. The maximum atomic E-state index is 6.24. The van der Waals surface area contributed by atoms with Crippen LogP contribution in [0, 0.1) is 15.4 Å². The number of halogens is 1. The molecule has 2 fully saturated rings. The van der Waals surface area contributed by atoms with E-state index in [2.05, 4.69) is 72.8 Å². The summed E-state index contributed by atoms with van der Waals surface area (Å²) in [7, 11) is -2.28. The minimum Gasteiger partial charge on any atom is -0.361 e. The topological polar surface area (TPSA) is 51.9 Å². The molecule has 9 heteroatoms. The van der Waals surface area contributed by atoms with Gasteiger partial charge in [0.25, 0.3) is 0 Å². The lowest BCUT2D eigenvalue weighted by Crippen LogP contribution is -2.33. The van der Waals surface area contributed by atoms with Gasteiger partial charge in [0.1, 0.15) is 19.3 Å². The quantitative estimate of drug-likeness (QED) is 0.109. The summed E-state index contributed by atoms with van der Waals surface area (Å²) >= 11 is 2.37. The van der Waals surface area contributed by atoms with Gasteiger partial charge in [-0.2, -0.15) is 9.61 Å². The fourth-order valence-corrected chi connectivity index (χ4v) is 7.38. The molecule has 2 aliphatic rings. The maximum Gasteiger partial charge on any atom is 0.171 e. The molecule has 0 aromatic carbocycles. The van der Waals surface area contributed by atoms with E-state index in [1.807, 2.05) is 10.7 Å². The van der Waals surface area contributed by atoms with Gasteiger partial charge in [0.2, 0.25) is 0 Å². The van der Waals surface area contributed by atoms with Gasteiger partial charge in [-0.15, -0.1) is 0 Å². The number of ether oxygens (including phenoxy) is 2. The summed E-state index contributed by atoms with van der Waals surface area (Å²) in [6, 6.07) is 4.62. The van der Waals surface area contributed by atoms with Gasteiger partial charge >= 0.3 is 0 Å². The Bertz CT molecular complexity index is 954. The molecule has 2 aromatic rings. The van der Waals surface area contributed by atoms with E-state index in [1.54, 1.807) is 0 Å². The minimum absolute atomic E-state index is 0.516. The highest BCUT2D eigenvalue weighted by Gasteiger charge is 2.36. The molecule has 0 saturated heterocycles. The lowest BCUT2D eigenvalue weighted by molar-refractivity contribution is 0.0942. The Balaban J connectivity index is 1.57. The Hall–Kier alpha value is -0.496. The van der Waals surface area contributed by atoms with Crippen LogP contribution in [0.4, 0.5) is 5.82 Å². The summed E-state index contributed by atoms with van der Waals surface area (Å²) in [6.45, 7) is 17.0. The van der Waals surface area contributed by atoms with E-state index in [0.717, 1.165) is 40.1 Å². The van der Waals surface area contributed by atoms with E-state index in [0.29, 0.717) is 19.4 Å². The van der Waals surface area contributed by atoms with E-state index in [4.69, 9.17) is 19.6 Å². The first-order valence-electron chi connectivity index (χ1n) is 13.4. The molecule has 0 amide bonds. The van der Waals surface area contributed by atoms with Gasteiger partial charge in [0.15, 0.2) is 5.65 Å². The first-order chi connectivity index (χ1) is 16.5. The van der Waals surface area contributed by atoms with Gasteiger partial charge < -0.3 is 14.4 Å². The standard InChI is InChI=1S/C26H45IN4O2Si2/c1-34(2,3)11-9-32-18-30(19-33-10-12-35(4,5)6)25-16-24(29-26-23(27)17-28-31(25)26)22-14-20-7-8-21(13-20)15-22/h16-17,20-22H,7-15,18-19H2,1-6H3/t20-,21+,22+. The molecule has 196 valence electrons. The third kappa shape index (κ3) is 7.75. The zero-order valence-electron chi connectivity index (χ0n) is 22.6. The zero-order chi connectivity index (χ0) is 25.2. The number of aromatic nitrogens is 3. The zero-order valence-corrected chi connectivity index (χ0v) is 26.8. The van der Waals surface area contributed by atoms with Gasteiger partial charge in [-0.3, -0.25) is 0 Å². The Morgan fingerprint density at radius 1 is 0.943 bits per heavy atom. The van der Waals surface area contributed by atoms with Crippen LogP contribution in [-0.4, -0.2) is 57.4 Å². The summed E-state index contributed by atoms with van der Waals surface area (Å²) in [6.07, 6.45) is 8.73. The van der Waals surface area contributed by atoms with Gasteiger partial charge in [0.05, 0.1) is 9.77 Å². The van der Waals surface area contributed by atoms with Crippen LogP contribution >= 0.6 is 22.6 Å². The Labute approximate surface area is 227 Å². The molecular weight excluding hydrogens is 583 g/mol. The molecule has 2 saturated carbocycles. The van der Waals surface area contributed by atoms with Crippen molar-refractivity contribution >= 4 is 50.2 Å². The van der Waals surface area contributed by atoms with Crippen LogP contribution in [0.5, 0.6) is 0 Å². The number of fused-ring (bicyclic) bond motifs is 3. The van der Waals surface area contributed by atoms with Gasteiger partial charge in [0, 0.05) is 47.0 Å². The third-order valence-corrected chi connectivity index (χ3v) is 11.7. The molecule has 2 aromatic heterocycles. The average Bonchev–Trinajstić information content (AvgIpc) is 3.31. The van der Waals surface area contributed by atoms with Crippen molar-refractivity contribution in [1.29, 1.82) is 0 Å². The van der Waals surface area contributed by atoms with Crippen LogP contribution in [0.1, 0.15) is 43.7 Å². The molecule has 0 aliphatic heterocycles. The van der Waals surface area contributed by atoms with Gasteiger partial charge in [-0.1, -0.05) is 52.1 Å². The van der Waals surface area contributed by atoms with Crippen molar-refractivity contribution < 1.29 is 9.47 Å². The molecule has 6 nitrogen and oxygen atoms in total. The fraction of sp³-hybridized carbons (Fsp3) is 0.769. The third-order valence-electron chi connectivity index (χ3n) is 7.54. The molecule has 0 N–H and O–H groups in total. The van der Waals surface area contributed by atoms with Crippen LogP contribution in [0.15, 0.2) is 12.3 Å². The average molecular weight is 629 g/mol. The largest absolute Gasteiger partial charge is 0.361 e. The number of nitrogens with zero attached hydrogens (tertiary/aromatic N) is 4. The van der Waals surface area contributed by atoms with Gasteiger partial charge in [-0.25, -0.2) is 4.98 Å². The van der Waals surface area contributed by atoms with Crippen LogP contribution < -0.4 is 4.90 Å². The minimum atomic E-state index is -1.14. The lowest BCUT2D eigenvalue weighted by Gasteiger charge is -2.30. The second-order valence-electron chi connectivity index (χ2n) is 13.2. The predicted octanol–water partition coefficient (Wildman–Crippen LogP) is 7.06. The smallest absolute Gasteiger partial charge is 0.171 e. The van der Waals surface area contributed by atoms with E-state index < -0.39 is 16.1 Å². The van der Waals surface area contributed by atoms with Crippen molar-refractivity contribution in [2.75, 3.05) is 31.6 Å². The van der Waals surface area contributed by atoms with Crippen molar-refractivity contribution in [3.63, 3.8) is 0 Å². The first kappa shape index (κ1) is 27.5. The second-order valence-corrected chi connectivity index (χ2v) is 25.6. The number of anilines is 1. The van der Waals surface area contributed by atoms with Crippen molar-refractivity contribution in [2.45, 2.75) is 89.4 Å². The van der Waals surface area contributed by atoms with Crippen LogP contribution in [0.25, 0.3) is 5.65 Å². The van der Waals surface area contributed by atoms with Gasteiger partial charge in [-0.05, 0) is 65.8 Å². The highest BCUT2D eigenvalue weighted by Crippen LogP contribution is 2.48. The van der Waals surface area contributed by atoms with E-state index >= 15 is 0 Å². The molecule has 0 spiro atoms. The number of rotatable bonds is 12. The van der Waals surface area contributed by atoms with Crippen LogP contribution in [0.2, 0.25) is 51.4 Å². The summed E-state index contributed by atoms with van der Waals surface area (Å²) in [5.41, 5.74) is 2.20. The molecule has 35 heavy (non-hydrogen) atoms. The van der Waals surface area contributed by atoms with E-state index in [1.165, 1.54) is 49.9 Å². The Kier molecular flexibility index (Phi) is 9.04. The monoisotopic (exact) mass is 628 g/mol. The molecule has 0 radical (unpaired) electrons. The van der Waals surface area contributed by atoms with Crippen molar-refractivity contribution in [3.8, 4) is 0 Å². The van der Waals surface area contributed by atoms with Crippen molar-refractivity contribution in [1.82, 2.24) is 14.6 Å². The summed E-state index contributed by atoms with van der Waals surface area (Å²) < 4.78 is 15.6. The van der Waals surface area contributed by atoms with E-state index in [9.17, 15) is 0 Å².